The van der Waals surface area contributed by atoms with Crippen molar-refractivity contribution in [1.82, 2.24) is 8.61 Å². The maximum Gasteiger partial charge on any atom is 0.244 e. The minimum absolute atomic E-state index is 0.0450. The Labute approximate surface area is 206 Å². The first-order valence-corrected chi connectivity index (χ1v) is 14.0. The summed E-state index contributed by atoms with van der Waals surface area (Å²) in [5.41, 5.74) is 2.39. The zero-order valence-electron chi connectivity index (χ0n) is 19.5. The average Bonchev–Trinajstić information content (AvgIpc) is 2.84. The van der Waals surface area contributed by atoms with Crippen LogP contribution in [-0.4, -0.2) is 57.0 Å². The third-order valence-corrected chi connectivity index (χ3v) is 9.62. The number of anilines is 1. The molecule has 0 bridgehead atoms. The molecule has 0 saturated carbocycles. The van der Waals surface area contributed by atoms with Crippen molar-refractivity contribution in [3.8, 4) is 0 Å². The highest BCUT2D eigenvalue weighted by molar-refractivity contribution is 7.89. The van der Waals surface area contributed by atoms with Crippen LogP contribution in [0.4, 0.5) is 5.69 Å². The summed E-state index contributed by atoms with van der Waals surface area (Å²) in [7, 11) is -7.96. The van der Waals surface area contributed by atoms with Crippen LogP contribution in [0.25, 0.3) is 0 Å². The van der Waals surface area contributed by atoms with E-state index in [-0.39, 0.29) is 29.4 Å². The fourth-order valence-electron chi connectivity index (χ4n) is 4.20. The molecule has 1 saturated heterocycles. The van der Waals surface area contributed by atoms with Gasteiger partial charge in [0, 0.05) is 25.3 Å². The lowest BCUT2D eigenvalue weighted by Gasteiger charge is -2.39. The van der Waals surface area contributed by atoms with Gasteiger partial charge in [0.05, 0.1) is 9.79 Å². The fraction of sp³-hybridized carbons (Fsp3) is 0.240. The van der Waals surface area contributed by atoms with Gasteiger partial charge >= 0.3 is 0 Å². The topological polar surface area (TPSA) is 104 Å². The molecule has 0 spiro atoms. The molecule has 3 aromatic carbocycles. The lowest BCUT2D eigenvalue weighted by atomic mass is 10.1. The first kappa shape index (κ1) is 25.1. The van der Waals surface area contributed by atoms with E-state index < -0.39 is 32.0 Å². The molecule has 0 radical (unpaired) electrons. The van der Waals surface area contributed by atoms with Crippen molar-refractivity contribution < 1.29 is 21.6 Å². The lowest BCUT2D eigenvalue weighted by Crippen LogP contribution is -2.60. The van der Waals surface area contributed by atoms with Gasteiger partial charge in [0.15, 0.2) is 0 Å². The van der Waals surface area contributed by atoms with E-state index in [9.17, 15) is 21.6 Å². The van der Waals surface area contributed by atoms with Crippen LogP contribution in [0.5, 0.6) is 0 Å². The molecule has 1 N–H and O–H groups in total. The zero-order valence-corrected chi connectivity index (χ0v) is 21.1. The third-order valence-electron chi connectivity index (χ3n) is 5.82. The largest absolute Gasteiger partial charge is 0.325 e. The van der Waals surface area contributed by atoms with Gasteiger partial charge in [-0.15, -0.1) is 0 Å². The molecule has 1 atom stereocenters. The number of hydrogen-bond donors (Lipinski definition) is 1. The number of nitrogens with one attached hydrogen (secondary N) is 1. The smallest absolute Gasteiger partial charge is 0.244 e. The number of benzene rings is 3. The van der Waals surface area contributed by atoms with Gasteiger partial charge in [-0.25, -0.2) is 16.8 Å². The van der Waals surface area contributed by atoms with Crippen LogP contribution in [0.2, 0.25) is 0 Å². The van der Waals surface area contributed by atoms with E-state index >= 15 is 0 Å². The normalized spacial score (nSPS) is 17.7. The Kier molecular flexibility index (Phi) is 7.09. The molecule has 0 aromatic heterocycles. The van der Waals surface area contributed by atoms with Crippen LogP contribution in [-0.2, 0) is 24.8 Å². The summed E-state index contributed by atoms with van der Waals surface area (Å²) in [6.45, 7) is 3.25. The summed E-state index contributed by atoms with van der Waals surface area (Å²) in [4.78, 5) is 13.6. The monoisotopic (exact) mass is 513 g/mol. The molecule has 10 heteroatoms. The van der Waals surface area contributed by atoms with Crippen LogP contribution in [0.15, 0.2) is 88.7 Å². The first-order valence-electron chi connectivity index (χ1n) is 11.1. The quantitative estimate of drug-likeness (QED) is 0.546. The highest BCUT2D eigenvalue weighted by atomic mass is 32.2. The number of aryl methyl sites for hydroxylation is 2. The van der Waals surface area contributed by atoms with Gasteiger partial charge < -0.3 is 5.32 Å². The second-order valence-electron chi connectivity index (χ2n) is 8.49. The zero-order chi connectivity index (χ0) is 25.2. The second kappa shape index (κ2) is 9.90. The molecule has 3 aromatic rings. The maximum atomic E-state index is 13.5. The Morgan fingerprint density at radius 2 is 1.29 bits per heavy atom. The predicted octanol–water partition coefficient (Wildman–Crippen LogP) is 3.01. The Morgan fingerprint density at radius 3 is 1.83 bits per heavy atom. The van der Waals surface area contributed by atoms with E-state index in [1.807, 2.05) is 19.9 Å². The highest BCUT2D eigenvalue weighted by Crippen LogP contribution is 2.26. The number of nitrogens with zero attached hydrogens (tertiary/aromatic N) is 2. The minimum atomic E-state index is -4.05. The molecular weight excluding hydrogens is 486 g/mol. The Hall–Kier alpha value is -3.05. The van der Waals surface area contributed by atoms with Gasteiger partial charge in [-0.1, -0.05) is 42.5 Å². The van der Waals surface area contributed by atoms with Crippen molar-refractivity contribution in [2.45, 2.75) is 29.7 Å². The van der Waals surface area contributed by atoms with Gasteiger partial charge in [-0.2, -0.15) is 8.61 Å². The number of sulfonamides is 2. The van der Waals surface area contributed by atoms with Gasteiger partial charge in [-0.05, 0) is 61.4 Å². The standard InChI is InChI=1S/C25H27N3O5S2/c1-19-15-20(2)17-21(16-19)26-25(29)24-18-27(34(30,31)22-9-5-3-6-10-22)13-14-28(24)35(32,33)23-11-7-4-8-12-23/h3-12,15-17,24H,13-14,18H2,1-2H3,(H,26,29). The number of rotatable bonds is 6. The van der Waals surface area contributed by atoms with E-state index in [0.717, 1.165) is 15.4 Å². The van der Waals surface area contributed by atoms with Crippen molar-refractivity contribution in [2.24, 2.45) is 0 Å². The number of amides is 1. The summed E-state index contributed by atoms with van der Waals surface area (Å²) >= 11 is 0. The molecule has 1 amide bonds. The molecule has 4 rings (SSSR count). The summed E-state index contributed by atoms with van der Waals surface area (Å²) in [5, 5.41) is 2.79. The van der Waals surface area contributed by atoms with Crippen LogP contribution < -0.4 is 5.32 Å². The van der Waals surface area contributed by atoms with Gasteiger partial charge in [0.1, 0.15) is 6.04 Å². The van der Waals surface area contributed by atoms with Crippen LogP contribution >= 0.6 is 0 Å². The van der Waals surface area contributed by atoms with Gasteiger partial charge in [0.25, 0.3) is 0 Å². The molecule has 0 aliphatic carbocycles. The fourth-order valence-corrected chi connectivity index (χ4v) is 7.25. The molecule has 8 nitrogen and oxygen atoms in total. The molecule has 1 unspecified atom stereocenters. The molecule has 35 heavy (non-hydrogen) atoms. The Balaban J connectivity index is 1.70. The maximum absolute atomic E-state index is 13.5. The molecule has 1 aliphatic rings. The van der Waals surface area contributed by atoms with Crippen LogP contribution in [0.3, 0.4) is 0 Å². The van der Waals surface area contributed by atoms with Crippen molar-refractivity contribution >= 4 is 31.6 Å². The second-order valence-corrected chi connectivity index (χ2v) is 12.3. The van der Waals surface area contributed by atoms with Gasteiger partial charge in [0.2, 0.25) is 26.0 Å². The lowest BCUT2D eigenvalue weighted by molar-refractivity contribution is -0.120. The van der Waals surface area contributed by atoms with Crippen molar-refractivity contribution in [1.29, 1.82) is 0 Å². The summed E-state index contributed by atoms with van der Waals surface area (Å²) in [6, 6.07) is 20.0. The Bertz CT molecular complexity index is 1410. The van der Waals surface area contributed by atoms with E-state index in [2.05, 4.69) is 5.32 Å². The number of carbonyl (C=O) groups excluding carboxylic acids is 1. The summed E-state index contributed by atoms with van der Waals surface area (Å²) < 4.78 is 55.7. The third kappa shape index (κ3) is 5.30. The van der Waals surface area contributed by atoms with Crippen LogP contribution in [0.1, 0.15) is 11.1 Å². The van der Waals surface area contributed by atoms with Crippen molar-refractivity contribution in [2.75, 3.05) is 25.0 Å². The van der Waals surface area contributed by atoms with Crippen LogP contribution in [0, 0.1) is 13.8 Å². The molecule has 1 heterocycles. The predicted molar refractivity (Wildman–Crippen MR) is 134 cm³/mol. The van der Waals surface area contributed by atoms with Crippen molar-refractivity contribution in [3.05, 3.63) is 90.0 Å². The SMILES string of the molecule is Cc1cc(C)cc(NC(=O)C2CN(S(=O)(=O)c3ccccc3)CCN2S(=O)(=O)c2ccccc2)c1. The minimum Gasteiger partial charge on any atom is -0.325 e. The number of piperazine rings is 1. The van der Waals surface area contributed by atoms with E-state index in [0.29, 0.717) is 5.69 Å². The van der Waals surface area contributed by atoms with Gasteiger partial charge in [-0.3, -0.25) is 4.79 Å². The summed E-state index contributed by atoms with van der Waals surface area (Å²) in [6.07, 6.45) is 0. The van der Waals surface area contributed by atoms with E-state index in [4.69, 9.17) is 0 Å². The first-order chi connectivity index (χ1) is 16.6. The Morgan fingerprint density at radius 1 is 0.771 bits per heavy atom. The van der Waals surface area contributed by atoms with E-state index in [1.165, 1.54) is 28.6 Å². The average molecular weight is 514 g/mol. The summed E-state index contributed by atoms with van der Waals surface area (Å²) in [5.74, 6) is -0.595. The molecule has 1 aliphatic heterocycles. The molecular formula is C25H27N3O5S2. The van der Waals surface area contributed by atoms with Crippen molar-refractivity contribution in [3.63, 3.8) is 0 Å². The molecule has 1 fully saturated rings. The highest BCUT2D eigenvalue weighted by Gasteiger charge is 2.43. The number of carbonyl (C=O) groups is 1. The molecule has 184 valence electrons. The van der Waals surface area contributed by atoms with E-state index in [1.54, 1.807) is 48.5 Å². The number of hydrogen-bond acceptors (Lipinski definition) is 5.